The molecule has 2 heterocycles. The molecule has 2 aliphatic heterocycles. The highest BCUT2D eigenvalue weighted by Crippen LogP contribution is 2.33. The van der Waals surface area contributed by atoms with Crippen molar-refractivity contribution in [2.24, 2.45) is 0 Å². The van der Waals surface area contributed by atoms with Crippen LogP contribution in [0.1, 0.15) is 24.8 Å². The second kappa shape index (κ2) is 6.39. The van der Waals surface area contributed by atoms with Crippen LogP contribution in [0.2, 0.25) is 0 Å². The largest absolute Gasteiger partial charge is 0.497 e. The molecule has 3 rings (SSSR count). The van der Waals surface area contributed by atoms with Crippen LogP contribution in [0, 0.1) is 6.92 Å². The van der Waals surface area contributed by atoms with E-state index < -0.39 is 10.0 Å². The molecule has 1 spiro atoms. The zero-order chi connectivity index (χ0) is 16.5. The van der Waals surface area contributed by atoms with Crippen molar-refractivity contribution in [3.8, 4) is 5.75 Å². The number of rotatable bonds is 4. The van der Waals surface area contributed by atoms with E-state index >= 15 is 0 Å². The summed E-state index contributed by atoms with van der Waals surface area (Å²) in [7, 11) is -2.00. The maximum Gasteiger partial charge on any atom is 0.241 e. The number of benzene rings is 1. The van der Waals surface area contributed by atoms with Crippen LogP contribution < -0.4 is 9.46 Å². The first-order valence-electron chi connectivity index (χ1n) is 7.83. The van der Waals surface area contributed by atoms with E-state index in [1.165, 1.54) is 0 Å². The van der Waals surface area contributed by atoms with Gasteiger partial charge < -0.3 is 14.2 Å². The van der Waals surface area contributed by atoms with Gasteiger partial charge in [0.2, 0.25) is 10.0 Å². The molecule has 2 fully saturated rings. The summed E-state index contributed by atoms with van der Waals surface area (Å²) in [4.78, 5) is 0.293. The molecule has 2 unspecified atom stereocenters. The minimum atomic E-state index is -3.56. The summed E-state index contributed by atoms with van der Waals surface area (Å²) in [5.41, 5.74) is 0.350. The maximum absolute atomic E-state index is 12.7. The van der Waals surface area contributed by atoms with Crippen molar-refractivity contribution in [2.75, 3.05) is 26.9 Å². The van der Waals surface area contributed by atoms with Gasteiger partial charge in [0.1, 0.15) is 5.75 Å². The smallest absolute Gasteiger partial charge is 0.241 e. The number of sulfonamides is 1. The Bertz CT molecular complexity index is 667. The van der Waals surface area contributed by atoms with Gasteiger partial charge in [0, 0.05) is 25.7 Å². The van der Waals surface area contributed by atoms with Crippen LogP contribution in [0.15, 0.2) is 23.1 Å². The molecule has 23 heavy (non-hydrogen) atoms. The van der Waals surface area contributed by atoms with Crippen LogP contribution in [-0.2, 0) is 19.5 Å². The molecule has 0 amide bonds. The fraction of sp³-hybridized carbons (Fsp3) is 0.625. The molecule has 0 aliphatic carbocycles. The van der Waals surface area contributed by atoms with E-state index in [0.29, 0.717) is 48.9 Å². The lowest BCUT2D eigenvalue weighted by atomic mass is 9.90. The van der Waals surface area contributed by atoms with Gasteiger partial charge >= 0.3 is 0 Å². The average Bonchev–Trinajstić information content (AvgIpc) is 2.94. The molecular formula is C16H23NO5S. The summed E-state index contributed by atoms with van der Waals surface area (Å²) >= 11 is 0. The quantitative estimate of drug-likeness (QED) is 0.901. The number of aryl methyl sites for hydroxylation is 1. The van der Waals surface area contributed by atoms with Crippen LogP contribution in [0.25, 0.3) is 0 Å². The van der Waals surface area contributed by atoms with E-state index in [9.17, 15) is 8.42 Å². The Morgan fingerprint density at radius 2 is 2.17 bits per heavy atom. The molecule has 128 valence electrons. The van der Waals surface area contributed by atoms with Crippen molar-refractivity contribution in [1.82, 2.24) is 4.72 Å². The van der Waals surface area contributed by atoms with Gasteiger partial charge in [-0.15, -0.1) is 0 Å². The molecule has 0 saturated carbocycles. The first-order valence-corrected chi connectivity index (χ1v) is 9.31. The van der Waals surface area contributed by atoms with Gasteiger partial charge in [-0.25, -0.2) is 13.1 Å². The summed E-state index contributed by atoms with van der Waals surface area (Å²) in [6.07, 6.45) is 2.16. The third-order valence-electron chi connectivity index (χ3n) is 4.55. The molecule has 2 saturated heterocycles. The Labute approximate surface area is 137 Å². The van der Waals surface area contributed by atoms with Gasteiger partial charge in [0.05, 0.1) is 24.2 Å². The zero-order valence-corrected chi connectivity index (χ0v) is 14.3. The number of nitrogens with one attached hydrogen (secondary N) is 1. The Morgan fingerprint density at radius 3 is 2.83 bits per heavy atom. The van der Waals surface area contributed by atoms with Gasteiger partial charge in [-0.2, -0.15) is 0 Å². The van der Waals surface area contributed by atoms with Crippen molar-refractivity contribution >= 4 is 10.0 Å². The average molecular weight is 341 g/mol. The fourth-order valence-electron chi connectivity index (χ4n) is 3.32. The van der Waals surface area contributed by atoms with Gasteiger partial charge in [0.25, 0.3) is 0 Å². The highest BCUT2D eigenvalue weighted by molar-refractivity contribution is 7.89. The Kier molecular flexibility index (Phi) is 4.64. The Hall–Kier alpha value is -1.15. The Morgan fingerprint density at radius 1 is 1.35 bits per heavy atom. The van der Waals surface area contributed by atoms with Crippen molar-refractivity contribution in [2.45, 2.75) is 42.7 Å². The van der Waals surface area contributed by atoms with Crippen molar-refractivity contribution in [1.29, 1.82) is 0 Å². The minimum Gasteiger partial charge on any atom is -0.497 e. The molecule has 6 nitrogen and oxygen atoms in total. The molecular weight excluding hydrogens is 318 g/mol. The van der Waals surface area contributed by atoms with Crippen molar-refractivity contribution in [3.05, 3.63) is 23.8 Å². The first kappa shape index (κ1) is 16.7. The van der Waals surface area contributed by atoms with Gasteiger partial charge in [-0.05, 0) is 43.5 Å². The summed E-state index contributed by atoms with van der Waals surface area (Å²) < 4.78 is 44.7. The van der Waals surface area contributed by atoms with Crippen LogP contribution >= 0.6 is 0 Å². The van der Waals surface area contributed by atoms with Crippen molar-refractivity contribution < 1.29 is 22.6 Å². The fourth-order valence-corrected chi connectivity index (χ4v) is 4.82. The lowest BCUT2D eigenvalue weighted by Crippen LogP contribution is -2.49. The van der Waals surface area contributed by atoms with Crippen LogP contribution in [0.5, 0.6) is 5.75 Å². The normalized spacial score (nSPS) is 28.2. The van der Waals surface area contributed by atoms with E-state index in [2.05, 4.69) is 4.72 Å². The lowest BCUT2D eigenvalue weighted by molar-refractivity contribution is -0.0868. The van der Waals surface area contributed by atoms with Gasteiger partial charge in [-0.1, -0.05) is 0 Å². The van der Waals surface area contributed by atoms with E-state index in [0.717, 1.165) is 6.42 Å². The third-order valence-corrected chi connectivity index (χ3v) is 6.23. The minimum absolute atomic E-state index is 0.128. The molecule has 2 aliphatic rings. The van der Waals surface area contributed by atoms with Gasteiger partial charge in [-0.3, -0.25) is 0 Å². The summed E-state index contributed by atoms with van der Waals surface area (Å²) in [5.74, 6) is 0.648. The molecule has 1 aromatic rings. The van der Waals surface area contributed by atoms with E-state index in [1.807, 2.05) is 0 Å². The predicted octanol–water partition coefficient (Wildman–Crippen LogP) is 1.62. The summed E-state index contributed by atoms with van der Waals surface area (Å²) in [5, 5.41) is 0. The maximum atomic E-state index is 12.7. The lowest BCUT2D eigenvalue weighted by Gasteiger charge is -2.37. The van der Waals surface area contributed by atoms with Crippen molar-refractivity contribution in [3.63, 3.8) is 0 Å². The van der Waals surface area contributed by atoms with E-state index in [4.69, 9.17) is 14.2 Å². The number of methoxy groups -OCH3 is 1. The molecule has 0 radical (unpaired) electrons. The molecule has 2 atom stereocenters. The molecule has 0 bridgehead atoms. The van der Waals surface area contributed by atoms with E-state index in [1.54, 1.807) is 32.2 Å². The topological polar surface area (TPSA) is 73.9 Å². The third kappa shape index (κ3) is 3.52. The summed E-state index contributed by atoms with van der Waals surface area (Å²) in [6, 6.07) is 4.85. The number of hydrogen-bond acceptors (Lipinski definition) is 5. The SMILES string of the molecule is COc1ccc(S(=O)(=O)NC2CCOC3(CCOC3)C2)c(C)c1. The van der Waals surface area contributed by atoms with E-state index in [-0.39, 0.29) is 11.6 Å². The van der Waals surface area contributed by atoms with Crippen LogP contribution in [0.3, 0.4) is 0 Å². The monoisotopic (exact) mass is 341 g/mol. The first-order chi connectivity index (χ1) is 10.9. The molecule has 0 aromatic heterocycles. The highest BCUT2D eigenvalue weighted by Gasteiger charge is 2.42. The zero-order valence-electron chi connectivity index (χ0n) is 13.5. The summed E-state index contributed by atoms with van der Waals surface area (Å²) in [6.45, 7) is 3.55. The standard InChI is InChI=1S/C16H23NO5S/c1-12-9-14(20-2)3-4-15(12)23(18,19)17-13-5-7-22-16(10-13)6-8-21-11-16/h3-4,9,13,17H,5-8,10-11H2,1-2H3. The van der Waals surface area contributed by atoms with Crippen LogP contribution in [0.4, 0.5) is 0 Å². The van der Waals surface area contributed by atoms with Crippen LogP contribution in [-0.4, -0.2) is 47.0 Å². The second-order valence-electron chi connectivity index (χ2n) is 6.28. The number of hydrogen-bond donors (Lipinski definition) is 1. The Balaban J connectivity index is 1.75. The molecule has 1 N–H and O–H groups in total. The van der Waals surface area contributed by atoms with Gasteiger partial charge in [0.15, 0.2) is 0 Å². The highest BCUT2D eigenvalue weighted by atomic mass is 32.2. The second-order valence-corrected chi connectivity index (χ2v) is 7.96. The number of ether oxygens (including phenoxy) is 3. The molecule has 7 heteroatoms. The molecule has 1 aromatic carbocycles. The predicted molar refractivity (Wildman–Crippen MR) is 85.2 cm³/mol.